The van der Waals surface area contributed by atoms with Crippen molar-refractivity contribution in [3.05, 3.63) is 65.2 Å². The SMILES string of the molecule is CC(C)c1ccc(/C=C(\C#N)C(=O)Nc2cccc(S(=O)(=O)N3CCCCC3)c2)cc1. The highest BCUT2D eigenvalue weighted by atomic mass is 32.2. The van der Waals surface area contributed by atoms with Crippen molar-refractivity contribution in [3.63, 3.8) is 0 Å². The number of nitrogens with zero attached hydrogens (tertiary/aromatic N) is 2. The zero-order valence-corrected chi connectivity index (χ0v) is 18.7. The van der Waals surface area contributed by atoms with Crippen molar-refractivity contribution in [2.24, 2.45) is 0 Å². The lowest BCUT2D eigenvalue weighted by atomic mass is 10.0. The van der Waals surface area contributed by atoms with Crippen molar-refractivity contribution in [1.29, 1.82) is 5.26 Å². The lowest BCUT2D eigenvalue weighted by Crippen LogP contribution is -2.35. The quantitative estimate of drug-likeness (QED) is 0.531. The number of rotatable bonds is 6. The topological polar surface area (TPSA) is 90.3 Å². The van der Waals surface area contributed by atoms with E-state index in [9.17, 15) is 18.5 Å². The van der Waals surface area contributed by atoms with Crippen LogP contribution in [0.5, 0.6) is 0 Å². The predicted octanol–water partition coefficient (Wildman–Crippen LogP) is 4.53. The van der Waals surface area contributed by atoms with Gasteiger partial charge in [-0.15, -0.1) is 0 Å². The van der Waals surface area contributed by atoms with Gasteiger partial charge in [-0.25, -0.2) is 8.42 Å². The second kappa shape index (κ2) is 9.90. The average Bonchev–Trinajstić information content (AvgIpc) is 2.78. The number of nitrogens with one attached hydrogen (secondary N) is 1. The molecule has 0 aliphatic carbocycles. The second-order valence-corrected chi connectivity index (χ2v) is 9.88. The summed E-state index contributed by atoms with van der Waals surface area (Å²) in [7, 11) is -3.60. The van der Waals surface area contributed by atoms with Crippen LogP contribution in [0.15, 0.2) is 59.0 Å². The highest BCUT2D eigenvalue weighted by molar-refractivity contribution is 7.89. The van der Waals surface area contributed by atoms with E-state index in [0.717, 1.165) is 24.8 Å². The number of carbonyl (C=O) groups excluding carboxylic acids is 1. The number of nitriles is 1. The van der Waals surface area contributed by atoms with E-state index in [1.807, 2.05) is 30.3 Å². The van der Waals surface area contributed by atoms with Gasteiger partial charge in [-0.2, -0.15) is 9.57 Å². The van der Waals surface area contributed by atoms with Crippen molar-refractivity contribution in [2.75, 3.05) is 18.4 Å². The number of hydrogen-bond donors (Lipinski definition) is 1. The summed E-state index contributed by atoms with van der Waals surface area (Å²) in [5.74, 6) is -0.187. The third-order valence-corrected chi connectivity index (χ3v) is 7.22. The summed E-state index contributed by atoms with van der Waals surface area (Å²) in [4.78, 5) is 12.8. The van der Waals surface area contributed by atoms with Crippen LogP contribution in [-0.4, -0.2) is 31.7 Å². The van der Waals surface area contributed by atoms with Crippen LogP contribution in [0.3, 0.4) is 0 Å². The molecular formula is C24H27N3O3S. The van der Waals surface area contributed by atoms with Crippen molar-refractivity contribution in [3.8, 4) is 6.07 Å². The zero-order chi connectivity index (χ0) is 22.4. The normalized spacial score (nSPS) is 15.5. The number of hydrogen-bond acceptors (Lipinski definition) is 4. The van der Waals surface area contributed by atoms with E-state index < -0.39 is 15.9 Å². The van der Waals surface area contributed by atoms with Crippen LogP contribution < -0.4 is 5.32 Å². The van der Waals surface area contributed by atoms with Crippen LogP contribution in [0.4, 0.5) is 5.69 Å². The Bertz CT molecular complexity index is 1110. The Labute approximate surface area is 184 Å². The summed E-state index contributed by atoms with van der Waals surface area (Å²) in [6, 6.07) is 15.8. The van der Waals surface area contributed by atoms with Crippen molar-refractivity contribution in [1.82, 2.24) is 4.31 Å². The van der Waals surface area contributed by atoms with Gasteiger partial charge in [-0.3, -0.25) is 4.79 Å². The maximum absolute atomic E-state index is 12.9. The lowest BCUT2D eigenvalue weighted by Gasteiger charge is -2.26. The minimum Gasteiger partial charge on any atom is -0.321 e. The van der Waals surface area contributed by atoms with Crippen molar-refractivity contribution in [2.45, 2.75) is 43.9 Å². The predicted molar refractivity (Wildman–Crippen MR) is 122 cm³/mol. The van der Waals surface area contributed by atoms with E-state index in [2.05, 4.69) is 19.2 Å². The monoisotopic (exact) mass is 437 g/mol. The first kappa shape index (κ1) is 22.7. The van der Waals surface area contributed by atoms with Gasteiger partial charge in [0, 0.05) is 18.8 Å². The van der Waals surface area contributed by atoms with Crippen LogP contribution in [0.1, 0.15) is 50.2 Å². The largest absolute Gasteiger partial charge is 0.321 e. The molecule has 1 fully saturated rings. The summed E-state index contributed by atoms with van der Waals surface area (Å²) in [5, 5.41) is 12.1. The van der Waals surface area contributed by atoms with Crippen molar-refractivity contribution < 1.29 is 13.2 Å². The molecule has 0 aromatic heterocycles. The maximum Gasteiger partial charge on any atom is 0.266 e. The number of sulfonamides is 1. The molecule has 0 spiro atoms. The molecule has 0 saturated carbocycles. The first-order valence-electron chi connectivity index (χ1n) is 10.4. The molecule has 1 aliphatic heterocycles. The van der Waals surface area contributed by atoms with Crippen LogP contribution in [0.2, 0.25) is 0 Å². The molecule has 1 amide bonds. The summed E-state index contributed by atoms with van der Waals surface area (Å²) < 4.78 is 27.2. The molecule has 0 bridgehead atoms. The molecule has 1 N–H and O–H groups in total. The fraction of sp³-hybridized carbons (Fsp3) is 0.333. The van der Waals surface area contributed by atoms with E-state index in [0.29, 0.717) is 24.7 Å². The second-order valence-electron chi connectivity index (χ2n) is 7.94. The van der Waals surface area contributed by atoms with Gasteiger partial charge >= 0.3 is 0 Å². The standard InChI is InChI=1S/C24H27N3O3S/c1-18(2)20-11-9-19(10-12-20)15-21(17-25)24(28)26-22-7-6-8-23(16-22)31(29,30)27-13-4-3-5-14-27/h6-12,15-16,18H,3-5,13-14H2,1-2H3,(H,26,28)/b21-15+. The van der Waals surface area contributed by atoms with E-state index in [1.165, 1.54) is 28.1 Å². The summed E-state index contributed by atoms with van der Waals surface area (Å²) in [6.45, 7) is 5.21. The fourth-order valence-corrected chi connectivity index (χ4v) is 5.04. The molecule has 7 heteroatoms. The number of anilines is 1. The minimum absolute atomic E-state index is 0.0541. The minimum atomic E-state index is -3.60. The Morgan fingerprint density at radius 2 is 1.77 bits per heavy atom. The van der Waals surface area contributed by atoms with Gasteiger partial charge in [0.1, 0.15) is 11.6 Å². The lowest BCUT2D eigenvalue weighted by molar-refractivity contribution is -0.112. The molecule has 0 unspecified atom stereocenters. The smallest absolute Gasteiger partial charge is 0.266 e. The van der Waals surface area contributed by atoms with Crippen LogP contribution >= 0.6 is 0 Å². The molecule has 2 aromatic carbocycles. The fourth-order valence-electron chi connectivity index (χ4n) is 3.48. The molecule has 1 heterocycles. The third kappa shape index (κ3) is 5.60. The van der Waals surface area contributed by atoms with Gasteiger partial charge in [0.15, 0.2) is 0 Å². The Balaban J connectivity index is 1.77. The zero-order valence-electron chi connectivity index (χ0n) is 17.8. The Morgan fingerprint density at radius 1 is 1.10 bits per heavy atom. The Kier molecular flexibility index (Phi) is 7.26. The molecule has 1 aliphatic rings. The molecule has 2 aromatic rings. The van der Waals surface area contributed by atoms with Gasteiger partial charge < -0.3 is 5.32 Å². The van der Waals surface area contributed by atoms with Crippen molar-refractivity contribution >= 4 is 27.7 Å². The van der Waals surface area contributed by atoms with Gasteiger partial charge in [0.25, 0.3) is 5.91 Å². The van der Waals surface area contributed by atoms with Gasteiger partial charge in [-0.1, -0.05) is 50.6 Å². The van der Waals surface area contributed by atoms with E-state index in [4.69, 9.17) is 0 Å². The van der Waals surface area contributed by atoms with Crippen LogP contribution in [-0.2, 0) is 14.8 Å². The van der Waals surface area contributed by atoms with E-state index >= 15 is 0 Å². The average molecular weight is 438 g/mol. The number of carbonyl (C=O) groups is 1. The van der Waals surface area contributed by atoms with Crippen LogP contribution in [0, 0.1) is 11.3 Å². The van der Waals surface area contributed by atoms with E-state index in [-0.39, 0.29) is 10.5 Å². The number of amides is 1. The maximum atomic E-state index is 12.9. The van der Waals surface area contributed by atoms with Gasteiger partial charge in [-0.05, 0) is 54.2 Å². The highest BCUT2D eigenvalue weighted by Crippen LogP contribution is 2.23. The summed E-state index contributed by atoms with van der Waals surface area (Å²) >= 11 is 0. The molecule has 162 valence electrons. The number of benzene rings is 2. The molecule has 31 heavy (non-hydrogen) atoms. The van der Waals surface area contributed by atoms with Gasteiger partial charge in [0.05, 0.1) is 4.90 Å². The first-order chi connectivity index (χ1) is 14.8. The third-order valence-electron chi connectivity index (χ3n) is 5.32. The Morgan fingerprint density at radius 3 is 2.39 bits per heavy atom. The number of piperidine rings is 1. The van der Waals surface area contributed by atoms with Crippen LogP contribution in [0.25, 0.3) is 6.08 Å². The molecule has 3 rings (SSSR count). The molecule has 6 nitrogen and oxygen atoms in total. The Hall–Kier alpha value is -2.95. The summed E-state index contributed by atoms with van der Waals surface area (Å²) in [5.41, 5.74) is 2.20. The van der Waals surface area contributed by atoms with Gasteiger partial charge in [0.2, 0.25) is 10.0 Å². The molecule has 0 atom stereocenters. The highest BCUT2D eigenvalue weighted by Gasteiger charge is 2.26. The molecular weight excluding hydrogens is 410 g/mol. The van der Waals surface area contributed by atoms with E-state index in [1.54, 1.807) is 12.1 Å². The first-order valence-corrected chi connectivity index (χ1v) is 11.9. The summed E-state index contributed by atoms with van der Waals surface area (Å²) in [6.07, 6.45) is 4.26. The molecule has 1 saturated heterocycles. The molecule has 0 radical (unpaired) electrons.